The van der Waals surface area contributed by atoms with Gasteiger partial charge in [0.1, 0.15) is 5.01 Å². The van der Waals surface area contributed by atoms with Crippen LogP contribution in [0.5, 0.6) is 0 Å². The van der Waals surface area contributed by atoms with Crippen LogP contribution in [0.3, 0.4) is 0 Å². The quantitative estimate of drug-likeness (QED) is 0.611. The Morgan fingerprint density at radius 2 is 1.86 bits per heavy atom. The van der Waals surface area contributed by atoms with Crippen molar-refractivity contribution in [1.82, 2.24) is 4.98 Å². The van der Waals surface area contributed by atoms with Gasteiger partial charge in [0.15, 0.2) is 12.3 Å². The first-order chi connectivity index (χ1) is 13.5. The third-order valence-electron chi connectivity index (χ3n) is 4.54. The Labute approximate surface area is 168 Å². The number of anilines is 1. The maximum Gasteiger partial charge on any atom is 0.358 e. The fourth-order valence-corrected chi connectivity index (χ4v) is 3.46. The number of aromatic nitrogens is 1. The molecule has 0 aliphatic carbocycles. The number of aryl methyl sites for hydroxylation is 2. The van der Waals surface area contributed by atoms with Gasteiger partial charge in [-0.05, 0) is 43.0 Å². The maximum absolute atomic E-state index is 12.2. The van der Waals surface area contributed by atoms with Gasteiger partial charge < -0.3 is 10.1 Å². The molecule has 1 aromatic heterocycles. The molecule has 144 valence electrons. The molecule has 2 aromatic carbocycles. The summed E-state index contributed by atoms with van der Waals surface area (Å²) in [5.74, 6) is -0.989. The molecular weight excluding hydrogens is 372 g/mol. The molecule has 6 heteroatoms. The van der Waals surface area contributed by atoms with E-state index >= 15 is 0 Å². The van der Waals surface area contributed by atoms with Crippen molar-refractivity contribution in [1.29, 1.82) is 0 Å². The van der Waals surface area contributed by atoms with E-state index in [1.165, 1.54) is 16.9 Å². The van der Waals surface area contributed by atoms with E-state index in [-0.39, 0.29) is 18.2 Å². The number of esters is 1. The summed E-state index contributed by atoms with van der Waals surface area (Å²) < 4.78 is 5.11. The summed E-state index contributed by atoms with van der Waals surface area (Å²) >= 11 is 1.37. The van der Waals surface area contributed by atoms with Crippen LogP contribution in [0.1, 0.15) is 34.1 Å². The summed E-state index contributed by atoms with van der Waals surface area (Å²) in [5, 5.41) is 5.16. The molecule has 0 aliphatic heterocycles. The number of hydrogen-bond donors (Lipinski definition) is 1. The van der Waals surface area contributed by atoms with Gasteiger partial charge in [-0.15, -0.1) is 11.3 Å². The van der Waals surface area contributed by atoms with Crippen LogP contribution in [0.15, 0.2) is 47.8 Å². The number of ether oxygens (including phenoxy) is 1. The minimum Gasteiger partial charge on any atom is -0.451 e. The Morgan fingerprint density at radius 3 is 2.57 bits per heavy atom. The molecule has 1 amide bonds. The number of amides is 1. The summed E-state index contributed by atoms with van der Waals surface area (Å²) in [7, 11) is 0. The number of hydrogen-bond acceptors (Lipinski definition) is 5. The third-order valence-corrected chi connectivity index (χ3v) is 5.43. The minimum atomic E-state index is -0.608. The van der Waals surface area contributed by atoms with E-state index in [1.54, 1.807) is 5.38 Å². The van der Waals surface area contributed by atoms with Crippen LogP contribution in [-0.2, 0) is 16.0 Å². The van der Waals surface area contributed by atoms with Crippen molar-refractivity contribution in [2.45, 2.75) is 27.2 Å². The molecule has 0 spiro atoms. The Bertz CT molecular complexity index is 993. The predicted molar refractivity (Wildman–Crippen MR) is 112 cm³/mol. The van der Waals surface area contributed by atoms with Crippen molar-refractivity contribution in [2.75, 3.05) is 11.9 Å². The zero-order chi connectivity index (χ0) is 20.1. The van der Waals surface area contributed by atoms with Crippen LogP contribution in [0, 0.1) is 13.8 Å². The molecule has 1 heterocycles. The molecule has 0 unspecified atom stereocenters. The topological polar surface area (TPSA) is 68.3 Å². The highest BCUT2D eigenvalue weighted by Gasteiger charge is 2.15. The van der Waals surface area contributed by atoms with E-state index in [0.717, 1.165) is 28.1 Å². The molecule has 0 saturated carbocycles. The summed E-state index contributed by atoms with van der Waals surface area (Å²) in [5.41, 5.74) is 5.19. The fraction of sp³-hybridized carbons (Fsp3) is 0.227. The summed E-state index contributed by atoms with van der Waals surface area (Å²) in [6, 6.07) is 13.7. The second-order valence-corrected chi connectivity index (χ2v) is 7.32. The van der Waals surface area contributed by atoms with E-state index in [9.17, 15) is 9.59 Å². The molecule has 5 nitrogen and oxygen atoms in total. The van der Waals surface area contributed by atoms with Gasteiger partial charge in [0.05, 0.1) is 0 Å². The Morgan fingerprint density at radius 1 is 1.11 bits per heavy atom. The Hall–Kier alpha value is -2.99. The number of thiazole rings is 1. The molecule has 28 heavy (non-hydrogen) atoms. The average Bonchev–Trinajstić information content (AvgIpc) is 3.20. The van der Waals surface area contributed by atoms with Crippen molar-refractivity contribution in [3.63, 3.8) is 0 Å². The van der Waals surface area contributed by atoms with E-state index in [1.807, 2.05) is 56.3 Å². The molecule has 0 atom stereocenters. The second kappa shape index (κ2) is 8.80. The van der Waals surface area contributed by atoms with Crippen LogP contribution < -0.4 is 5.32 Å². The normalized spacial score (nSPS) is 10.5. The van der Waals surface area contributed by atoms with Crippen LogP contribution in [-0.4, -0.2) is 23.5 Å². The Kier molecular flexibility index (Phi) is 6.21. The molecule has 0 aliphatic rings. The van der Waals surface area contributed by atoms with Gasteiger partial charge in [-0.3, -0.25) is 4.79 Å². The summed E-state index contributed by atoms with van der Waals surface area (Å²) in [4.78, 5) is 28.6. The number of nitrogens with one attached hydrogen (secondary N) is 1. The molecular formula is C22H22N2O3S. The molecule has 3 rings (SSSR count). The minimum absolute atomic E-state index is 0.208. The number of carbonyl (C=O) groups excluding carboxylic acids is 2. The number of nitrogens with zero attached hydrogens (tertiary/aromatic N) is 1. The van der Waals surface area contributed by atoms with Gasteiger partial charge in [-0.25, -0.2) is 9.78 Å². The SMILES string of the molecule is CCc1ccc(-c2nc(C(=O)OCC(=O)Nc3cccc(C)c3C)cs2)cc1. The van der Waals surface area contributed by atoms with Crippen molar-refractivity contribution < 1.29 is 14.3 Å². The van der Waals surface area contributed by atoms with E-state index in [0.29, 0.717) is 5.69 Å². The van der Waals surface area contributed by atoms with Gasteiger partial charge in [-0.2, -0.15) is 0 Å². The lowest BCUT2D eigenvalue weighted by atomic mass is 10.1. The first-order valence-corrected chi connectivity index (χ1v) is 9.94. The largest absolute Gasteiger partial charge is 0.451 e. The first kappa shape index (κ1) is 19.8. The van der Waals surface area contributed by atoms with Crippen molar-refractivity contribution in [3.05, 3.63) is 70.2 Å². The molecule has 1 N–H and O–H groups in total. The zero-order valence-electron chi connectivity index (χ0n) is 16.1. The highest BCUT2D eigenvalue weighted by Crippen LogP contribution is 2.24. The summed E-state index contributed by atoms with van der Waals surface area (Å²) in [6.07, 6.45) is 0.972. The van der Waals surface area contributed by atoms with Crippen molar-refractivity contribution in [3.8, 4) is 10.6 Å². The van der Waals surface area contributed by atoms with Crippen molar-refractivity contribution in [2.24, 2.45) is 0 Å². The highest BCUT2D eigenvalue weighted by atomic mass is 32.1. The smallest absolute Gasteiger partial charge is 0.358 e. The van der Waals surface area contributed by atoms with Crippen LogP contribution in [0.2, 0.25) is 0 Å². The lowest BCUT2D eigenvalue weighted by Gasteiger charge is -2.10. The van der Waals surface area contributed by atoms with E-state index in [2.05, 4.69) is 17.2 Å². The molecule has 0 fully saturated rings. The molecule has 0 bridgehead atoms. The van der Waals surface area contributed by atoms with Crippen molar-refractivity contribution >= 4 is 28.9 Å². The highest BCUT2D eigenvalue weighted by molar-refractivity contribution is 7.13. The summed E-state index contributed by atoms with van der Waals surface area (Å²) in [6.45, 7) is 5.65. The molecule has 0 radical (unpaired) electrons. The van der Waals surface area contributed by atoms with Gasteiger partial charge in [0.2, 0.25) is 0 Å². The van der Waals surface area contributed by atoms with Crippen LogP contribution in [0.4, 0.5) is 5.69 Å². The number of carbonyl (C=O) groups is 2. The van der Waals surface area contributed by atoms with E-state index < -0.39 is 5.97 Å². The predicted octanol–water partition coefficient (Wildman–Crippen LogP) is 4.78. The van der Waals surface area contributed by atoms with Gasteiger partial charge in [0.25, 0.3) is 5.91 Å². The molecule has 3 aromatic rings. The lowest BCUT2D eigenvalue weighted by molar-refractivity contribution is -0.119. The maximum atomic E-state index is 12.2. The van der Waals surface area contributed by atoms with Gasteiger partial charge in [0, 0.05) is 16.6 Å². The average molecular weight is 394 g/mol. The van der Waals surface area contributed by atoms with Gasteiger partial charge in [-0.1, -0.05) is 43.3 Å². The second-order valence-electron chi connectivity index (χ2n) is 6.46. The standard InChI is InChI=1S/C22H22N2O3S/c1-4-16-8-10-17(11-9-16)21-24-19(13-28-21)22(26)27-12-20(25)23-18-7-5-6-14(2)15(18)3/h5-11,13H,4,12H2,1-3H3,(H,23,25). The third kappa shape index (κ3) is 4.64. The van der Waals surface area contributed by atoms with Crippen LogP contribution in [0.25, 0.3) is 10.6 Å². The van der Waals surface area contributed by atoms with Gasteiger partial charge >= 0.3 is 5.97 Å². The lowest BCUT2D eigenvalue weighted by Crippen LogP contribution is -2.21. The number of benzene rings is 2. The van der Waals surface area contributed by atoms with E-state index in [4.69, 9.17) is 4.74 Å². The van der Waals surface area contributed by atoms with Crippen LogP contribution >= 0.6 is 11.3 Å². The fourth-order valence-electron chi connectivity index (χ4n) is 2.66. The Balaban J connectivity index is 1.58. The first-order valence-electron chi connectivity index (χ1n) is 9.06. The molecule has 0 saturated heterocycles. The number of rotatable bonds is 6. The monoisotopic (exact) mass is 394 g/mol. The zero-order valence-corrected chi connectivity index (χ0v) is 16.9.